The van der Waals surface area contributed by atoms with E-state index in [1.807, 2.05) is 31.2 Å². The minimum atomic E-state index is -1.26. The van der Waals surface area contributed by atoms with Gasteiger partial charge in [-0.2, -0.15) is 0 Å². The Labute approximate surface area is 121 Å². The number of carboxylic acids is 1. The molecule has 5 nitrogen and oxygen atoms in total. The Hall–Kier alpha value is -2.95. The number of nitrogens with zero attached hydrogens (tertiary/aromatic N) is 2. The molecule has 1 aromatic heterocycles. The molecule has 0 aliphatic rings. The Bertz CT molecular complexity index is 850. The maximum Gasteiger partial charge on any atom is 0.114 e. The summed E-state index contributed by atoms with van der Waals surface area (Å²) in [5.41, 5.74) is 2.86. The normalized spacial score (nSPS) is 11.3. The van der Waals surface area contributed by atoms with Gasteiger partial charge in [0.1, 0.15) is 5.69 Å². The van der Waals surface area contributed by atoms with Gasteiger partial charge in [0.05, 0.1) is 11.7 Å². The van der Waals surface area contributed by atoms with Crippen LogP contribution in [0.4, 0.5) is 11.4 Å². The van der Waals surface area contributed by atoms with Crippen molar-refractivity contribution in [1.82, 2.24) is 4.98 Å². The molecule has 0 amide bonds. The summed E-state index contributed by atoms with van der Waals surface area (Å²) in [5, 5.41) is 20.3. The summed E-state index contributed by atoms with van der Waals surface area (Å²) >= 11 is 0. The van der Waals surface area contributed by atoms with Gasteiger partial charge < -0.3 is 14.9 Å². The lowest BCUT2D eigenvalue weighted by atomic mass is 10.2. The third kappa shape index (κ3) is 2.41. The molecule has 21 heavy (non-hydrogen) atoms. The average molecular weight is 278 g/mol. The van der Waals surface area contributed by atoms with E-state index in [1.165, 1.54) is 6.07 Å². The zero-order chi connectivity index (χ0) is 14.8. The van der Waals surface area contributed by atoms with Gasteiger partial charge in [-0.25, -0.2) is 0 Å². The molecule has 0 saturated carbocycles. The number of rotatable bonds is 3. The summed E-state index contributed by atoms with van der Waals surface area (Å²) in [7, 11) is 0. The number of azo groups is 1. The number of hydrogen-bond donors (Lipinski definition) is 1. The average Bonchev–Trinajstić information content (AvgIpc) is 2.81. The molecule has 0 atom stereocenters. The summed E-state index contributed by atoms with van der Waals surface area (Å²) in [6.07, 6.45) is 0. The Morgan fingerprint density at radius 1 is 1.05 bits per heavy atom. The second-order valence-corrected chi connectivity index (χ2v) is 4.65. The molecule has 0 unspecified atom stereocenters. The van der Waals surface area contributed by atoms with Crippen molar-refractivity contribution in [3.63, 3.8) is 0 Å². The number of aryl methyl sites for hydroxylation is 1. The largest absolute Gasteiger partial charge is 0.545 e. The molecule has 0 saturated heterocycles. The van der Waals surface area contributed by atoms with Crippen LogP contribution in [0, 0.1) is 6.92 Å². The van der Waals surface area contributed by atoms with Crippen LogP contribution in [0.3, 0.4) is 0 Å². The zero-order valence-electron chi connectivity index (χ0n) is 11.3. The van der Waals surface area contributed by atoms with Crippen molar-refractivity contribution in [1.29, 1.82) is 0 Å². The molecule has 0 aliphatic heterocycles. The second kappa shape index (κ2) is 5.20. The van der Waals surface area contributed by atoms with Crippen molar-refractivity contribution in [2.45, 2.75) is 6.92 Å². The van der Waals surface area contributed by atoms with Gasteiger partial charge in [0, 0.05) is 22.2 Å². The lowest BCUT2D eigenvalue weighted by molar-refractivity contribution is -0.254. The number of aromatic amines is 1. The lowest BCUT2D eigenvalue weighted by Crippen LogP contribution is -2.22. The maximum absolute atomic E-state index is 11.0. The van der Waals surface area contributed by atoms with Gasteiger partial charge in [0.2, 0.25) is 0 Å². The number of carbonyl (C=O) groups excluding carboxylic acids is 1. The Balaban J connectivity index is 2.07. The van der Waals surface area contributed by atoms with Crippen LogP contribution < -0.4 is 5.11 Å². The fourth-order valence-corrected chi connectivity index (χ4v) is 2.23. The maximum atomic E-state index is 11.0. The molecular weight excluding hydrogens is 266 g/mol. The standard InChI is InChI=1S/C16H13N3O2/c1-10-15(11-6-2-4-8-13(11)17-10)19-18-14-9-5-3-7-12(14)16(20)21/h2-9,17H,1H3,(H,20,21)/p-1. The third-order valence-electron chi connectivity index (χ3n) is 3.24. The highest BCUT2D eigenvalue weighted by Gasteiger charge is 2.07. The number of para-hydroxylation sites is 1. The summed E-state index contributed by atoms with van der Waals surface area (Å²) in [6.45, 7) is 1.90. The lowest BCUT2D eigenvalue weighted by Gasteiger charge is -2.04. The molecule has 2 aromatic carbocycles. The molecular formula is C16H12N3O2-. The van der Waals surface area contributed by atoms with E-state index in [4.69, 9.17) is 0 Å². The highest BCUT2D eigenvalue weighted by atomic mass is 16.4. The van der Waals surface area contributed by atoms with Gasteiger partial charge in [0.15, 0.2) is 0 Å². The van der Waals surface area contributed by atoms with Crippen molar-refractivity contribution < 1.29 is 9.90 Å². The van der Waals surface area contributed by atoms with Gasteiger partial charge in [-0.15, -0.1) is 10.2 Å². The van der Waals surface area contributed by atoms with E-state index in [0.717, 1.165) is 16.6 Å². The molecule has 0 fully saturated rings. The first kappa shape index (κ1) is 13.1. The van der Waals surface area contributed by atoms with Crippen molar-refractivity contribution in [2.75, 3.05) is 0 Å². The number of carboxylic acid groups (broad SMARTS) is 1. The fourth-order valence-electron chi connectivity index (χ4n) is 2.23. The van der Waals surface area contributed by atoms with Crippen LogP contribution in [0.15, 0.2) is 58.8 Å². The van der Waals surface area contributed by atoms with Crippen LogP contribution in [0.1, 0.15) is 16.1 Å². The third-order valence-corrected chi connectivity index (χ3v) is 3.24. The molecule has 5 heteroatoms. The zero-order valence-corrected chi connectivity index (χ0v) is 11.3. The summed E-state index contributed by atoms with van der Waals surface area (Å²) < 4.78 is 0. The smallest absolute Gasteiger partial charge is 0.114 e. The summed E-state index contributed by atoms with van der Waals surface area (Å²) in [6, 6.07) is 14.1. The van der Waals surface area contributed by atoms with E-state index < -0.39 is 5.97 Å². The Kier molecular flexibility index (Phi) is 3.23. The number of carbonyl (C=O) groups is 1. The van der Waals surface area contributed by atoms with E-state index in [1.54, 1.807) is 18.2 Å². The molecule has 0 aliphatic carbocycles. The second-order valence-electron chi connectivity index (χ2n) is 4.65. The van der Waals surface area contributed by atoms with Crippen LogP contribution in [-0.2, 0) is 0 Å². The van der Waals surface area contributed by atoms with E-state index >= 15 is 0 Å². The minimum absolute atomic E-state index is 0.0266. The van der Waals surface area contributed by atoms with Gasteiger partial charge in [-0.1, -0.05) is 36.4 Å². The van der Waals surface area contributed by atoms with Crippen LogP contribution >= 0.6 is 0 Å². The molecule has 0 spiro atoms. The number of hydrogen-bond acceptors (Lipinski definition) is 4. The van der Waals surface area contributed by atoms with E-state index in [9.17, 15) is 9.90 Å². The molecule has 1 N–H and O–H groups in total. The summed E-state index contributed by atoms with van der Waals surface area (Å²) in [4.78, 5) is 14.3. The van der Waals surface area contributed by atoms with Crippen LogP contribution in [-0.4, -0.2) is 11.0 Å². The fraction of sp³-hybridized carbons (Fsp3) is 0.0625. The molecule has 0 bridgehead atoms. The Morgan fingerprint density at radius 2 is 1.76 bits per heavy atom. The van der Waals surface area contributed by atoms with Crippen molar-refractivity contribution >= 4 is 28.2 Å². The predicted molar refractivity (Wildman–Crippen MR) is 78.0 cm³/mol. The van der Waals surface area contributed by atoms with Crippen LogP contribution in [0.2, 0.25) is 0 Å². The van der Waals surface area contributed by atoms with Gasteiger partial charge in [0.25, 0.3) is 0 Å². The highest BCUT2D eigenvalue weighted by Crippen LogP contribution is 2.31. The molecule has 3 aromatic rings. The van der Waals surface area contributed by atoms with Gasteiger partial charge >= 0.3 is 0 Å². The predicted octanol–water partition coefficient (Wildman–Crippen LogP) is 3.26. The molecule has 104 valence electrons. The summed E-state index contributed by atoms with van der Waals surface area (Å²) in [5.74, 6) is -1.26. The monoisotopic (exact) mass is 278 g/mol. The highest BCUT2D eigenvalue weighted by molar-refractivity contribution is 5.93. The number of benzene rings is 2. The van der Waals surface area contributed by atoms with E-state index in [-0.39, 0.29) is 11.3 Å². The van der Waals surface area contributed by atoms with Crippen molar-refractivity contribution in [3.8, 4) is 0 Å². The van der Waals surface area contributed by atoms with Crippen molar-refractivity contribution in [2.24, 2.45) is 10.2 Å². The number of nitrogens with one attached hydrogen (secondary N) is 1. The quantitative estimate of drug-likeness (QED) is 0.746. The molecule has 0 radical (unpaired) electrons. The first-order valence-electron chi connectivity index (χ1n) is 6.46. The van der Waals surface area contributed by atoms with Gasteiger partial charge in [-0.05, 0) is 19.1 Å². The van der Waals surface area contributed by atoms with Gasteiger partial charge in [-0.3, -0.25) is 0 Å². The van der Waals surface area contributed by atoms with Crippen molar-refractivity contribution in [3.05, 3.63) is 59.8 Å². The number of aromatic nitrogens is 1. The number of aromatic carboxylic acids is 1. The van der Waals surface area contributed by atoms with Crippen LogP contribution in [0.5, 0.6) is 0 Å². The minimum Gasteiger partial charge on any atom is -0.545 e. The van der Waals surface area contributed by atoms with Crippen LogP contribution in [0.25, 0.3) is 10.9 Å². The Morgan fingerprint density at radius 3 is 2.57 bits per heavy atom. The first-order valence-corrected chi connectivity index (χ1v) is 6.46. The topological polar surface area (TPSA) is 80.6 Å². The van der Waals surface area contributed by atoms with E-state index in [0.29, 0.717) is 5.69 Å². The SMILES string of the molecule is Cc1[nH]c2ccccc2c1N=Nc1ccccc1C(=O)[O-]. The first-order chi connectivity index (χ1) is 10.2. The molecule has 3 rings (SSSR count). The number of fused-ring (bicyclic) bond motifs is 1. The van der Waals surface area contributed by atoms with E-state index in [2.05, 4.69) is 15.2 Å². The molecule has 1 heterocycles. The number of H-pyrrole nitrogens is 1.